The highest BCUT2D eigenvalue weighted by Gasteiger charge is 2.08. The Hall–Kier alpha value is -2.13. The predicted molar refractivity (Wildman–Crippen MR) is 86.7 cm³/mol. The zero-order valence-electron chi connectivity index (χ0n) is 11.4. The van der Waals surface area contributed by atoms with Gasteiger partial charge in [-0.2, -0.15) is 0 Å². The van der Waals surface area contributed by atoms with E-state index in [0.29, 0.717) is 5.75 Å². The van der Waals surface area contributed by atoms with Gasteiger partial charge in [0.25, 0.3) is 0 Å². The lowest BCUT2D eigenvalue weighted by molar-refractivity contribution is 0.483. The van der Waals surface area contributed by atoms with E-state index in [1.54, 1.807) is 17.6 Å². The van der Waals surface area contributed by atoms with Crippen molar-refractivity contribution in [2.45, 2.75) is 13.8 Å². The number of thiophene rings is 1. The number of nitrogens with zero attached hydrogens (tertiary/aromatic N) is 1. The van der Waals surface area contributed by atoms with Gasteiger partial charge in [0.15, 0.2) is 0 Å². The van der Waals surface area contributed by atoms with E-state index >= 15 is 0 Å². The van der Waals surface area contributed by atoms with Crippen molar-refractivity contribution in [2.24, 2.45) is 4.99 Å². The van der Waals surface area contributed by atoms with Crippen molar-refractivity contribution in [2.75, 3.05) is 0 Å². The fourth-order valence-electron chi connectivity index (χ4n) is 2.08. The van der Waals surface area contributed by atoms with Gasteiger partial charge in [-0.25, -0.2) is 0 Å². The normalized spacial score (nSPS) is 11.5. The third-order valence-electron chi connectivity index (χ3n) is 3.42. The minimum atomic E-state index is 0.318. The van der Waals surface area contributed by atoms with E-state index in [1.165, 1.54) is 11.1 Å². The van der Waals surface area contributed by atoms with Crippen LogP contribution >= 0.6 is 11.3 Å². The molecule has 0 unspecified atom stereocenters. The molecule has 1 aromatic heterocycles. The summed E-state index contributed by atoms with van der Waals surface area (Å²) in [5.74, 6) is 0.318. The summed E-state index contributed by atoms with van der Waals surface area (Å²) < 4.78 is 1.08. The van der Waals surface area contributed by atoms with Gasteiger partial charge in [0.1, 0.15) is 5.75 Å². The Morgan fingerprint density at radius 2 is 1.85 bits per heavy atom. The van der Waals surface area contributed by atoms with E-state index in [1.807, 2.05) is 30.3 Å². The number of fused-ring (bicyclic) bond motifs is 1. The van der Waals surface area contributed by atoms with E-state index < -0.39 is 0 Å². The molecule has 0 saturated carbocycles. The Morgan fingerprint density at radius 3 is 2.60 bits per heavy atom. The van der Waals surface area contributed by atoms with E-state index in [-0.39, 0.29) is 0 Å². The fourth-order valence-corrected chi connectivity index (χ4v) is 3.05. The van der Waals surface area contributed by atoms with Crippen LogP contribution in [0.4, 0.5) is 5.69 Å². The molecule has 3 aromatic rings. The molecule has 0 fully saturated rings. The summed E-state index contributed by atoms with van der Waals surface area (Å²) in [6.07, 6.45) is 1.74. The van der Waals surface area contributed by atoms with Gasteiger partial charge >= 0.3 is 0 Å². The molecule has 0 aliphatic carbocycles. The number of aryl methyl sites for hydroxylation is 2. The lowest BCUT2D eigenvalue weighted by Crippen LogP contribution is -1.79. The second-order valence-corrected chi connectivity index (χ2v) is 5.92. The number of benzene rings is 2. The quantitative estimate of drug-likeness (QED) is 0.660. The summed E-state index contributed by atoms with van der Waals surface area (Å²) in [5.41, 5.74) is 3.39. The van der Waals surface area contributed by atoms with Crippen LogP contribution in [0.2, 0.25) is 0 Å². The molecule has 2 nitrogen and oxygen atoms in total. The molecule has 20 heavy (non-hydrogen) atoms. The molecule has 100 valence electrons. The number of aromatic hydroxyl groups is 1. The molecule has 2 aromatic carbocycles. The first-order valence-corrected chi connectivity index (χ1v) is 7.28. The van der Waals surface area contributed by atoms with Crippen LogP contribution in [0.5, 0.6) is 5.75 Å². The van der Waals surface area contributed by atoms with Gasteiger partial charge in [0.05, 0.1) is 10.6 Å². The van der Waals surface area contributed by atoms with Gasteiger partial charge < -0.3 is 5.11 Å². The molecule has 0 radical (unpaired) electrons. The van der Waals surface area contributed by atoms with Gasteiger partial charge in [-0.3, -0.25) is 4.99 Å². The van der Waals surface area contributed by atoms with Crippen molar-refractivity contribution in [3.63, 3.8) is 0 Å². The van der Waals surface area contributed by atoms with E-state index in [4.69, 9.17) is 0 Å². The van der Waals surface area contributed by atoms with Crippen molar-refractivity contribution in [3.8, 4) is 5.75 Å². The molecule has 3 heteroatoms. The molecule has 1 N–H and O–H groups in total. The van der Waals surface area contributed by atoms with Crippen molar-refractivity contribution in [1.82, 2.24) is 0 Å². The third-order valence-corrected chi connectivity index (χ3v) is 4.51. The van der Waals surface area contributed by atoms with Gasteiger partial charge in [0, 0.05) is 16.3 Å². The van der Waals surface area contributed by atoms with Gasteiger partial charge in [-0.15, -0.1) is 11.3 Å². The van der Waals surface area contributed by atoms with Crippen LogP contribution in [0.15, 0.2) is 47.5 Å². The molecule has 0 bridgehead atoms. The second kappa shape index (κ2) is 5.10. The molecule has 0 aliphatic rings. The largest absolute Gasteiger partial charge is 0.506 e. The summed E-state index contributed by atoms with van der Waals surface area (Å²) in [6.45, 7) is 4.16. The highest BCUT2D eigenvalue weighted by molar-refractivity contribution is 7.21. The molecule has 0 aliphatic heterocycles. The van der Waals surface area contributed by atoms with Crippen LogP contribution in [0, 0.1) is 13.8 Å². The van der Waals surface area contributed by atoms with E-state index in [9.17, 15) is 5.11 Å². The lowest BCUT2D eigenvalue weighted by Gasteiger charge is -2.00. The van der Waals surface area contributed by atoms with Gasteiger partial charge in [0.2, 0.25) is 0 Å². The molecule has 0 atom stereocenters. The Bertz CT molecular complexity index is 802. The average molecular weight is 281 g/mol. The summed E-state index contributed by atoms with van der Waals surface area (Å²) in [4.78, 5) is 5.26. The first kappa shape index (κ1) is 12.9. The number of hydrogen-bond donors (Lipinski definition) is 1. The first-order chi connectivity index (χ1) is 9.65. The fraction of sp³-hybridized carbons (Fsp3) is 0.118. The molecule has 3 rings (SSSR count). The number of aliphatic imine (C=N–C) groups is 1. The molecule has 0 saturated heterocycles. The highest BCUT2D eigenvalue weighted by atomic mass is 32.1. The molecule has 0 amide bonds. The average Bonchev–Trinajstić information content (AvgIpc) is 2.77. The molecular weight excluding hydrogens is 266 g/mol. The van der Waals surface area contributed by atoms with Crippen LogP contribution in [-0.2, 0) is 0 Å². The lowest BCUT2D eigenvalue weighted by atomic mass is 10.1. The van der Waals surface area contributed by atoms with Crippen LogP contribution < -0.4 is 0 Å². The SMILES string of the molecule is Cc1ccc(N=Cc2sc3ccccc3c2O)cc1C. The Morgan fingerprint density at radius 1 is 1.05 bits per heavy atom. The summed E-state index contributed by atoms with van der Waals surface area (Å²) in [6, 6.07) is 13.9. The minimum Gasteiger partial charge on any atom is -0.506 e. The Labute approximate surface area is 122 Å². The second-order valence-electron chi connectivity index (χ2n) is 4.84. The maximum Gasteiger partial charge on any atom is 0.142 e. The molecule has 0 spiro atoms. The summed E-state index contributed by atoms with van der Waals surface area (Å²) in [7, 11) is 0. The summed E-state index contributed by atoms with van der Waals surface area (Å²) >= 11 is 1.55. The van der Waals surface area contributed by atoms with Crippen LogP contribution in [-0.4, -0.2) is 11.3 Å². The number of hydrogen-bond acceptors (Lipinski definition) is 3. The maximum atomic E-state index is 10.2. The monoisotopic (exact) mass is 281 g/mol. The molecule has 1 heterocycles. The predicted octanol–water partition coefficient (Wildman–Crippen LogP) is 4.97. The highest BCUT2D eigenvalue weighted by Crippen LogP contribution is 2.35. The summed E-state index contributed by atoms with van der Waals surface area (Å²) in [5, 5.41) is 11.1. The minimum absolute atomic E-state index is 0.318. The zero-order chi connectivity index (χ0) is 14.1. The zero-order valence-corrected chi connectivity index (χ0v) is 12.2. The third kappa shape index (κ3) is 2.32. The Balaban J connectivity index is 1.98. The van der Waals surface area contributed by atoms with Crippen LogP contribution in [0.25, 0.3) is 10.1 Å². The Kier molecular flexibility index (Phi) is 3.28. The van der Waals surface area contributed by atoms with E-state index in [0.717, 1.165) is 20.7 Å². The van der Waals surface area contributed by atoms with Crippen molar-refractivity contribution in [3.05, 3.63) is 58.5 Å². The van der Waals surface area contributed by atoms with Crippen molar-refractivity contribution < 1.29 is 5.11 Å². The maximum absolute atomic E-state index is 10.2. The molecular formula is C17H15NOS. The standard InChI is InChI=1S/C17H15NOS/c1-11-7-8-13(9-12(11)2)18-10-16-17(19)14-5-3-4-6-15(14)20-16/h3-10,19H,1-2H3. The van der Waals surface area contributed by atoms with Gasteiger partial charge in [-0.05, 0) is 49.2 Å². The van der Waals surface area contributed by atoms with Crippen LogP contribution in [0.1, 0.15) is 16.0 Å². The first-order valence-electron chi connectivity index (χ1n) is 6.47. The van der Waals surface area contributed by atoms with Crippen LogP contribution in [0.3, 0.4) is 0 Å². The number of rotatable bonds is 2. The van der Waals surface area contributed by atoms with Gasteiger partial charge in [-0.1, -0.05) is 18.2 Å². The van der Waals surface area contributed by atoms with Crippen molar-refractivity contribution in [1.29, 1.82) is 0 Å². The smallest absolute Gasteiger partial charge is 0.142 e. The topological polar surface area (TPSA) is 32.6 Å². The van der Waals surface area contributed by atoms with Crippen molar-refractivity contribution >= 4 is 33.3 Å². The van der Waals surface area contributed by atoms with E-state index in [2.05, 4.69) is 31.0 Å².